The zero-order valence-electron chi connectivity index (χ0n) is 13.0. The van der Waals surface area contributed by atoms with E-state index in [4.69, 9.17) is 4.74 Å². The molecule has 1 aliphatic heterocycles. The number of rotatable bonds is 4. The summed E-state index contributed by atoms with van der Waals surface area (Å²) >= 11 is 0. The summed E-state index contributed by atoms with van der Waals surface area (Å²) < 4.78 is 5.94. The van der Waals surface area contributed by atoms with Crippen molar-refractivity contribution in [1.29, 1.82) is 0 Å². The van der Waals surface area contributed by atoms with Gasteiger partial charge < -0.3 is 15.0 Å². The molecule has 2 saturated carbocycles. The van der Waals surface area contributed by atoms with E-state index in [1.807, 2.05) is 0 Å². The molecule has 0 spiro atoms. The predicted octanol–water partition coefficient (Wildman–Crippen LogP) is 3.00. The summed E-state index contributed by atoms with van der Waals surface area (Å²) in [6.07, 6.45) is 7.02. The Balaban J connectivity index is 1.50. The van der Waals surface area contributed by atoms with Crippen LogP contribution in [0.4, 0.5) is 5.69 Å². The highest BCUT2D eigenvalue weighted by Crippen LogP contribution is 2.34. The van der Waals surface area contributed by atoms with Gasteiger partial charge >= 0.3 is 0 Å². The van der Waals surface area contributed by atoms with Crippen LogP contribution in [-0.4, -0.2) is 31.3 Å². The van der Waals surface area contributed by atoms with E-state index in [-0.39, 0.29) is 0 Å². The largest absolute Gasteiger partial charge is 0.374 e. The van der Waals surface area contributed by atoms with Gasteiger partial charge in [0.05, 0.1) is 18.8 Å². The Labute approximate surface area is 127 Å². The Hall–Kier alpha value is -1.06. The summed E-state index contributed by atoms with van der Waals surface area (Å²) in [5.74, 6) is 0. The molecule has 2 unspecified atom stereocenters. The lowest BCUT2D eigenvalue weighted by Crippen LogP contribution is -2.48. The van der Waals surface area contributed by atoms with Crippen LogP contribution in [0.15, 0.2) is 18.2 Å². The van der Waals surface area contributed by atoms with Gasteiger partial charge in [-0.25, -0.2) is 0 Å². The van der Waals surface area contributed by atoms with Crippen molar-refractivity contribution in [2.24, 2.45) is 0 Å². The maximum absolute atomic E-state index is 5.94. The van der Waals surface area contributed by atoms with Gasteiger partial charge in [0.2, 0.25) is 0 Å². The fraction of sp³-hybridized carbons (Fsp3) is 0.667. The minimum Gasteiger partial charge on any atom is -0.374 e. The maximum atomic E-state index is 5.94. The van der Waals surface area contributed by atoms with Gasteiger partial charge in [0.1, 0.15) is 0 Å². The van der Waals surface area contributed by atoms with E-state index >= 15 is 0 Å². The van der Waals surface area contributed by atoms with E-state index in [0.29, 0.717) is 12.1 Å². The zero-order valence-corrected chi connectivity index (χ0v) is 13.0. The summed E-state index contributed by atoms with van der Waals surface area (Å²) in [6, 6.07) is 8.39. The highest BCUT2D eigenvalue weighted by atomic mass is 16.5. The normalized spacial score (nSPS) is 28.7. The quantitative estimate of drug-likeness (QED) is 0.921. The van der Waals surface area contributed by atoms with Gasteiger partial charge in [0.15, 0.2) is 0 Å². The topological polar surface area (TPSA) is 24.5 Å². The molecule has 3 fully saturated rings. The molecule has 0 radical (unpaired) electrons. The molecular formula is C18H26N2O. The van der Waals surface area contributed by atoms with Crippen molar-refractivity contribution in [2.45, 2.75) is 63.8 Å². The molecule has 4 rings (SSSR count). The van der Waals surface area contributed by atoms with Crippen LogP contribution in [0, 0.1) is 6.92 Å². The Morgan fingerprint density at radius 3 is 2.95 bits per heavy atom. The third-order valence-electron chi connectivity index (χ3n) is 5.22. The van der Waals surface area contributed by atoms with Gasteiger partial charge in [0, 0.05) is 24.8 Å². The number of nitrogens with zero attached hydrogens (tertiary/aromatic N) is 1. The molecule has 3 aliphatic rings. The van der Waals surface area contributed by atoms with E-state index in [1.54, 1.807) is 0 Å². The lowest BCUT2D eigenvalue weighted by atomic mass is 10.0. The first-order chi connectivity index (χ1) is 10.3. The third-order valence-corrected chi connectivity index (χ3v) is 5.22. The molecule has 21 heavy (non-hydrogen) atoms. The summed E-state index contributed by atoms with van der Waals surface area (Å²) in [5.41, 5.74) is 4.25. The number of ether oxygens (including phenoxy) is 1. The van der Waals surface area contributed by atoms with Gasteiger partial charge in [-0.3, -0.25) is 0 Å². The average Bonchev–Trinajstić information content (AvgIpc) is 3.20. The van der Waals surface area contributed by atoms with E-state index in [2.05, 4.69) is 35.3 Å². The van der Waals surface area contributed by atoms with Crippen molar-refractivity contribution in [3.05, 3.63) is 29.3 Å². The number of hydrogen-bond acceptors (Lipinski definition) is 3. The lowest BCUT2D eigenvalue weighted by molar-refractivity contribution is 0.0256. The predicted molar refractivity (Wildman–Crippen MR) is 85.8 cm³/mol. The van der Waals surface area contributed by atoms with Crippen molar-refractivity contribution < 1.29 is 4.74 Å². The fourth-order valence-electron chi connectivity index (χ4n) is 3.92. The van der Waals surface area contributed by atoms with Crippen molar-refractivity contribution in [1.82, 2.24) is 5.32 Å². The number of hydrogen-bond donors (Lipinski definition) is 1. The molecule has 114 valence electrons. The van der Waals surface area contributed by atoms with Crippen LogP contribution in [0.1, 0.15) is 43.2 Å². The first-order valence-electron chi connectivity index (χ1n) is 8.52. The summed E-state index contributed by atoms with van der Waals surface area (Å²) in [5, 5.41) is 3.60. The Kier molecular flexibility index (Phi) is 3.64. The molecule has 3 nitrogen and oxygen atoms in total. The highest BCUT2D eigenvalue weighted by molar-refractivity contribution is 5.56. The molecule has 1 heterocycles. The van der Waals surface area contributed by atoms with Crippen LogP contribution in [0.3, 0.4) is 0 Å². The molecule has 0 bridgehead atoms. The number of nitrogens with one attached hydrogen (secondary N) is 1. The number of aryl methyl sites for hydroxylation is 1. The molecule has 3 heteroatoms. The number of morpholine rings is 1. The smallest absolute Gasteiger partial charge is 0.0779 e. The van der Waals surface area contributed by atoms with E-state index in [0.717, 1.165) is 25.7 Å². The van der Waals surface area contributed by atoms with Gasteiger partial charge in [0.25, 0.3) is 0 Å². The first kappa shape index (κ1) is 13.6. The first-order valence-corrected chi connectivity index (χ1v) is 8.52. The van der Waals surface area contributed by atoms with Crippen LogP contribution < -0.4 is 10.2 Å². The van der Waals surface area contributed by atoms with Crippen LogP contribution in [0.5, 0.6) is 0 Å². The number of fused-ring (bicyclic) bond motifs is 1. The molecule has 0 aromatic heterocycles. The van der Waals surface area contributed by atoms with Crippen LogP contribution in [0.25, 0.3) is 0 Å². The van der Waals surface area contributed by atoms with Crippen LogP contribution in [0.2, 0.25) is 0 Å². The second kappa shape index (κ2) is 5.62. The van der Waals surface area contributed by atoms with E-state index in [9.17, 15) is 0 Å². The number of benzene rings is 1. The van der Waals surface area contributed by atoms with Crippen LogP contribution >= 0.6 is 0 Å². The Morgan fingerprint density at radius 2 is 2.14 bits per heavy atom. The molecule has 1 saturated heterocycles. The van der Waals surface area contributed by atoms with Gasteiger partial charge in [-0.1, -0.05) is 12.1 Å². The monoisotopic (exact) mass is 286 g/mol. The fourth-order valence-corrected chi connectivity index (χ4v) is 3.92. The third kappa shape index (κ3) is 2.82. The Bertz CT molecular complexity index is 512. The highest BCUT2D eigenvalue weighted by Gasteiger charge is 2.36. The average molecular weight is 286 g/mol. The van der Waals surface area contributed by atoms with E-state index < -0.39 is 0 Å². The second-order valence-electron chi connectivity index (χ2n) is 6.88. The summed E-state index contributed by atoms with van der Waals surface area (Å²) in [6.45, 7) is 5.20. The number of anilines is 1. The van der Waals surface area contributed by atoms with Gasteiger partial charge in [-0.05, 0) is 56.2 Å². The van der Waals surface area contributed by atoms with Crippen LogP contribution in [-0.2, 0) is 11.3 Å². The maximum Gasteiger partial charge on any atom is 0.0779 e. The molecular weight excluding hydrogens is 260 g/mol. The summed E-state index contributed by atoms with van der Waals surface area (Å²) in [4.78, 5) is 2.61. The van der Waals surface area contributed by atoms with Crippen molar-refractivity contribution in [3.63, 3.8) is 0 Å². The van der Waals surface area contributed by atoms with Crippen molar-refractivity contribution in [3.8, 4) is 0 Å². The molecule has 1 aromatic carbocycles. The van der Waals surface area contributed by atoms with Crippen molar-refractivity contribution >= 4 is 5.69 Å². The molecule has 1 aromatic rings. The Morgan fingerprint density at radius 1 is 1.24 bits per heavy atom. The molecule has 1 N–H and O–H groups in total. The van der Waals surface area contributed by atoms with Crippen molar-refractivity contribution in [2.75, 3.05) is 18.1 Å². The SMILES string of the molecule is Cc1cc(CNC2CC2)ccc1N1CCOC2CCCC21. The molecule has 2 aliphatic carbocycles. The minimum absolute atomic E-state index is 0.467. The zero-order chi connectivity index (χ0) is 14.2. The van der Waals surface area contributed by atoms with E-state index in [1.165, 1.54) is 48.9 Å². The minimum atomic E-state index is 0.467. The van der Waals surface area contributed by atoms with Gasteiger partial charge in [-0.15, -0.1) is 0 Å². The summed E-state index contributed by atoms with van der Waals surface area (Å²) in [7, 11) is 0. The molecule has 0 amide bonds. The van der Waals surface area contributed by atoms with Gasteiger partial charge in [-0.2, -0.15) is 0 Å². The second-order valence-corrected chi connectivity index (χ2v) is 6.88. The molecule has 2 atom stereocenters. The lowest BCUT2D eigenvalue weighted by Gasteiger charge is -2.40. The standard InChI is InChI=1S/C18H26N2O/c1-13-11-14(12-19-15-6-7-15)5-8-16(13)20-9-10-21-18-4-2-3-17(18)20/h5,8,11,15,17-19H,2-4,6-7,9-10,12H2,1H3.